The lowest BCUT2D eigenvalue weighted by Gasteiger charge is -2.23. The lowest BCUT2D eigenvalue weighted by molar-refractivity contribution is -0.143. The molecule has 0 aromatic heterocycles. The van der Waals surface area contributed by atoms with Crippen molar-refractivity contribution >= 4 is 17.9 Å². The molecule has 3 N–H and O–H groups in total. The fourth-order valence-electron chi connectivity index (χ4n) is 4.90. The molecule has 0 rings (SSSR count). The van der Waals surface area contributed by atoms with Gasteiger partial charge in [0.2, 0.25) is 0 Å². The number of carbonyl (C=O) groups is 3. The van der Waals surface area contributed by atoms with Gasteiger partial charge in [-0.15, -0.1) is 0 Å². The van der Waals surface area contributed by atoms with E-state index in [0.29, 0.717) is 0 Å². The number of unbranched alkanes of at least 4 members (excludes halogenated alkanes) is 18. The lowest BCUT2D eigenvalue weighted by atomic mass is 9.82. The summed E-state index contributed by atoms with van der Waals surface area (Å²) in [5.41, 5.74) is 0.110. The minimum absolute atomic E-state index is 0.110. The molecule has 0 aromatic carbocycles. The van der Waals surface area contributed by atoms with Crippen molar-refractivity contribution in [3.63, 3.8) is 0 Å². The van der Waals surface area contributed by atoms with Crippen LogP contribution in [0.15, 0.2) is 0 Å². The average Bonchev–Trinajstić information content (AvgIpc) is 2.84. The molecule has 6 nitrogen and oxygen atoms in total. The molecule has 0 aliphatic rings. The van der Waals surface area contributed by atoms with Gasteiger partial charge in [0.15, 0.2) is 0 Å². The largest absolute Gasteiger partial charge is 0.481 e. The molecule has 0 radical (unpaired) electrons. The predicted molar refractivity (Wildman–Crippen MR) is 162 cm³/mol. The topological polar surface area (TPSA) is 112 Å². The van der Waals surface area contributed by atoms with Crippen LogP contribution in [0.25, 0.3) is 0 Å². The fourth-order valence-corrected chi connectivity index (χ4v) is 4.90. The van der Waals surface area contributed by atoms with E-state index in [-0.39, 0.29) is 24.2 Å². The van der Waals surface area contributed by atoms with Crippen molar-refractivity contribution in [2.75, 3.05) is 0 Å². The number of hydrogen-bond donors (Lipinski definition) is 3. The van der Waals surface area contributed by atoms with E-state index in [1.807, 2.05) is 0 Å². The summed E-state index contributed by atoms with van der Waals surface area (Å²) in [6.07, 6.45) is 26.4. The highest BCUT2D eigenvalue weighted by atomic mass is 16.4. The van der Waals surface area contributed by atoms with Gasteiger partial charge in [-0.3, -0.25) is 14.4 Å². The Bertz CT molecular complexity index is 561. The van der Waals surface area contributed by atoms with Crippen LogP contribution in [0.1, 0.15) is 182 Å². The first-order chi connectivity index (χ1) is 18.5. The maximum atomic E-state index is 11.3. The van der Waals surface area contributed by atoms with Gasteiger partial charge in [0.05, 0.1) is 5.92 Å². The number of carboxylic acid groups (broad SMARTS) is 3. The van der Waals surface area contributed by atoms with Crippen LogP contribution in [0.5, 0.6) is 0 Å². The van der Waals surface area contributed by atoms with Crippen molar-refractivity contribution in [2.24, 2.45) is 11.3 Å². The molecular weight excluding hydrogens is 492 g/mol. The Balaban J connectivity index is 0. The summed E-state index contributed by atoms with van der Waals surface area (Å²) in [4.78, 5) is 31.6. The Hall–Kier alpha value is -1.59. The van der Waals surface area contributed by atoms with Gasteiger partial charge >= 0.3 is 17.9 Å². The quantitative estimate of drug-likeness (QED) is 0.0913. The van der Waals surface area contributed by atoms with Crippen molar-refractivity contribution in [2.45, 2.75) is 182 Å². The van der Waals surface area contributed by atoms with Crippen LogP contribution in [0.2, 0.25) is 0 Å². The average molecular weight is 557 g/mol. The molecule has 1 unspecified atom stereocenters. The molecule has 0 heterocycles. The van der Waals surface area contributed by atoms with Crippen LogP contribution >= 0.6 is 0 Å². The first-order valence-electron chi connectivity index (χ1n) is 16.2. The van der Waals surface area contributed by atoms with E-state index in [1.165, 1.54) is 83.5 Å². The van der Waals surface area contributed by atoms with E-state index in [1.54, 1.807) is 0 Å². The van der Waals surface area contributed by atoms with E-state index >= 15 is 0 Å². The van der Waals surface area contributed by atoms with E-state index < -0.39 is 17.9 Å². The van der Waals surface area contributed by atoms with Gasteiger partial charge in [0, 0.05) is 12.8 Å². The Kier molecular flexibility index (Phi) is 28.4. The van der Waals surface area contributed by atoms with Crippen LogP contribution in [0.4, 0.5) is 0 Å². The number of carboxylic acids is 3. The summed E-state index contributed by atoms with van der Waals surface area (Å²) in [5, 5.41) is 26.0. The van der Waals surface area contributed by atoms with E-state index in [4.69, 9.17) is 10.2 Å². The van der Waals surface area contributed by atoms with Gasteiger partial charge in [-0.05, 0) is 31.1 Å². The molecule has 0 spiro atoms. The van der Waals surface area contributed by atoms with Gasteiger partial charge in [-0.25, -0.2) is 0 Å². The zero-order valence-electron chi connectivity index (χ0n) is 26.1. The smallest absolute Gasteiger partial charge is 0.306 e. The van der Waals surface area contributed by atoms with Crippen LogP contribution in [-0.4, -0.2) is 33.2 Å². The third-order valence-corrected chi connectivity index (χ3v) is 7.15. The molecule has 0 aliphatic carbocycles. The highest BCUT2D eigenvalue weighted by molar-refractivity contribution is 5.70. The Morgan fingerprint density at radius 2 is 0.821 bits per heavy atom. The van der Waals surface area contributed by atoms with Crippen molar-refractivity contribution in [3.05, 3.63) is 0 Å². The third-order valence-electron chi connectivity index (χ3n) is 7.15. The summed E-state index contributed by atoms with van der Waals surface area (Å²) in [6, 6.07) is 0. The Morgan fingerprint density at radius 3 is 1.10 bits per heavy atom. The SMILES string of the molecule is CCCCCCCCCCCCCCCCC(CC(C)(C)C)C(=O)O.O=C(O)CCCCCCCCC(=O)O. The molecule has 0 saturated carbocycles. The van der Waals surface area contributed by atoms with Crippen molar-refractivity contribution in [1.29, 1.82) is 0 Å². The van der Waals surface area contributed by atoms with E-state index in [9.17, 15) is 19.5 Å². The van der Waals surface area contributed by atoms with Crippen molar-refractivity contribution in [1.82, 2.24) is 0 Å². The van der Waals surface area contributed by atoms with Crippen molar-refractivity contribution < 1.29 is 29.7 Å². The lowest BCUT2D eigenvalue weighted by Crippen LogP contribution is -2.20. The molecule has 232 valence electrons. The summed E-state index contributed by atoms with van der Waals surface area (Å²) in [6.45, 7) is 8.67. The first kappa shape index (κ1) is 39.6. The zero-order chi connectivity index (χ0) is 29.8. The number of hydrogen-bond acceptors (Lipinski definition) is 3. The van der Waals surface area contributed by atoms with Gasteiger partial charge in [-0.2, -0.15) is 0 Å². The summed E-state index contributed by atoms with van der Waals surface area (Å²) in [5.74, 6) is -2.24. The summed E-state index contributed by atoms with van der Waals surface area (Å²) < 4.78 is 0. The normalized spacial score (nSPS) is 12.0. The monoisotopic (exact) mass is 556 g/mol. The van der Waals surface area contributed by atoms with Crippen LogP contribution in [-0.2, 0) is 14.4 Å². The molecule has 0 aliphatic heterocycles. The predicted octanol–water partition coefficient (Wildman–Crippen LogP) is 10.3. The molecule has 0 amide bonds. The number of rotatable bonds is 26. The summed E-state index contributed by atoms with van der Waals surface area (Å²) >= 11 is 0. The zero-order valence-corrected chi connectivity index (χ0v) is 26.1. The second-order valence-corrected chi connectivity index (χ2v) is 12.6. The highest BCUT2D eigenvalue weighted by Gasteiger charge is 2.23. The second kappa shape index (κ2) is 28.0. The molecule has 0 fully saturated rings. The molecule has 0 saturated heterocycles. The van der Waals surface area contributed by atoms with Crippen molar-refractivity contribution in [3.8, 4) is 0 Å². The maximum absolute atomic E-state index is 11.3. The van der Waals surface area contributed by atoms with Crippen LogP contribution < -0.4 is 0 Å². The first-order valence-corrected chi connectivity index (χ1v) is 16.2. The molecule has 0 bridgehead atoms. The van der Waals surface area contributed by atoms with Gasteiger partial charge in [0.1, 0.15) is 0 Å². The Morgan fingerprint density at radius 1 is 0.513 bits per heavy atom. The number of aliphatic carboxylic acids is 3. The highest BCUT2D eigenvalue weighted by Crippen LogP contribution is 2.28. The van der Waals surface area contributed by atoms with Gasteiger partial charge in [0.25, 0.3) is 0 Å². The van der Waals surface area contributed by atoms with Crippen LogP contribution in [0, 0.1) is 11.3 Å². The molecule has 1 atom stereocenters. The molecule has 0 aromatic rings. The standard InChI is InChI=1S/C23H46O2.C10H18O4/c1-5-6-7-8-9-10-11-12-13-14-15-16-17-18-19-21(22(24)25)20-23(2,3)4;11-9(12)7-5-3-1-2-4-6-8-10(13)14/h21H,5-20H2,1-4H3,(H,24,25);1-8H2,(H,11,12)(H,13,14). The van der Waals surface area contributed by atoms with Gasteiger partial charge in [-0.1, -0.05) is 143 Å². The Labute approximate surface area is 240 Å². The minimum Gasteiger partial charge on any atom is -0.481 e. The second-order valence-electron chi connectivity index (χ2n) is 12.6. The molecule has 39 heavy (non-hydrogen) atoms. The summed E-state index contributed by atoms with van der Waals surface area (Å²) in [7, 11) is 0. The molecule has 6 heteroatoms. The maximum Gasteiger partial charge on any atom is 0.306 e. The van der Waals surface area contributed by atoms with E-state index in [2.05, 4.69) is 27.7 Å². The van der Waals surface area contributed by atoms with E-state index in [0.717, 1.165) is 57.8 Å². The molecular formula is C33H64O6. The van der Waals surface area contributed by atoms with Gasteiger partial charge < -0.3 is 15.3 Å². The minimum atomic E-state index is -0.740. The third kappa shape index (κ3) is 36.4. The fraction of sp³-hybridized carbons (Fsp3) is 0.909. The van der Waals surface area contributed by atoms with Crippen LogP contribution in [0.3, 0.4) is 0 Å².